The van der Waals surface area contributed by atoms with Crippen molar-refractivity contribution < 1.29 is 19.2 Å². The third kappa shape index (κ3) is 7.04. The molecule has 1 aromatic rings. The van der Waals surface area contributed by atoms with E-state index in [-0.39, 0.29) is 11.8 Å². The summed E-state index contributed by atoms with van der Waals surface area (Å²) >= 11 is 0. The van der Waals surface area contributed by atoms with E-state index in [0.717, 1.165) is 35.5 Å². The lowest BCUT2D eigenvalue weighted by atomic mass is 10.1. The van der Waals surface area contributed by atoms with Crippen LogP contribution in [0, 0.1) is 20.8 Å². The molecular weight excluding hydrogens is 330 g/mol. The Morgan fingerprint density at radius 3 is 2.54 bits per heavy atom. The molecule has 0 radical (unpaired) electrons. The number of rotatable bonds is 10. The molecule has 1 saturated carbocycles. The normalized spacial score (nSPS) is 14.6. The van der Waals surface area contributed by atoms with E-state index in [2.05, 4.69) is 37.5 Å². The van der Waals surface area contributed by atoms with E-state index >= 15 is 0 Å². The first kappa shape index (κ1) is 20.2. The minimum atomic E-state index is -0.0377. The lowest BCUT2D eigenvalue weighted by molar-refractivity contribution is -0.862. The summed E-state index contributed by atoms with van der Waals surface area (Å²) < 4.78 is 5.85. The van der Waals surface area contributed by atoms with E-state index in [9.17, 15) is 9.59 Å². The Kier molecular flexibility index (Phi) is 7.45. The number of amides is 2. The van der Waals surface area contributed by atoms with Gasteiger partial charge >= 0.3 is 0 Å². The lowest BCUT2D eigenvalue weighted by Gasteiger charge is -2.14. The van der Waals surface area contributed by atoms with Crippen LogP contribution in [0.4, 0.5) is 0 Å². The number of quaternary nitrogens is 1. The van der Waals surface area contributed by atoms with Crippen molar-refractivity contribution in [1.82, 2.24) is 10.6 Å². The van der Waals surface area contributed by atoms with Crippen molar-refractivity contribution in [3.05, 3.63) is 28.8 Å². The Bertz CT molecular complexity index is 641. The first-order valence-electron chi connectivity index (χ1n) is 9.43. The van der Waals surface area contributed by atoms with Gasteiger partial charge in [-0.2, -0.15) is 0 Å². The molecule has 144 valence electrons. The molecule has 1 fully saturated rings. The van der Waals surface area contributed by atoms with Gasteiger partial charge in [-0.1, -0.05) is 6.07 Å². The maximum atomic E-state index is 11.9. The Hall–Kier alpha value is -2.08. The average Bonchev–Trinajstić information content (AvgIpc) is 3.34. The van der Waals surface area contributed by atoms with Gasteiger partial charge in [-0.15, -0.1) is 0 Å². The molecule has 2 amide bonds. The molecule has 1 atom stereocenters. The molecule has 2 rings (SSSR count). The van der Waals surface area contributed by atoms with Crippen molar-refractivity contribution in [2.75, 3.05) is 33.3 Å². The van der Waals surface area contributed by atoms with Crippen molar-refractivity contribution in [1.29, 1.82) is 0 Å². The molecule has 1 unspecified atom stereocenters. The van der Waals surface area contributed by atoms with Gasteiger partial charge in [0.25, 0.3) is 11.8 Å². The van der Waals surface area contributed by atoms with Gasteiger partial charge in [-0.3, -0.25) is 9.59 Å². The molecule has 0 heterocycles. The van der Waals surface area contributed by atoms with Crippen molar-refractivity contribution in [3.63, 3.8) is 0 Å². The predicted octanol–water partition coefficient (Wildman–Crippen LogP) is 0.290. The summed E-state index contributed by atoms with van der Waals surface area (Å²) in [5, 5.41) is 5.83. The van der Waals surface area contributed by atoms with Gasteiger partial charge in [0, 0.05) is 12.6 Å². The van der Waals surface area contributed by atoms with Crippen LogP contribution in [0.2, 0.25) is 0 Å². The number of carbonyl (C=O) groups is 2. The third-order valence-corrected chi connectivity index (χ3v) is 4.53. The standard InChI is InChI=1S/C20H31N3O3/c1-14-10-15(2)16(3)18(11-14)26-9-5-8-21-19(24)12-23(4)13-20(25)22-17-6-7-17/h10-11,17H,5-9,12-13H2,1-4H3,(H,21,24)(H,22,25)/p+1. The molecule has 0 spiro atoms. The van der Waals surface area contributed by atoms with Gasteiger partial charge in [0.2, 0.25) is 0 Å². The van der Waals surface area contributed by atoms with Gasteiger partial charge in [-0.05, 0) is 62.8 Å². The van der Waals surface area contributed by atoms with E-state index in [4.69, 9.17) is 4.74 Å². The number of likely N-dealkylation sites (N-methyl/N-ethyl adjacent to an activating group) is 1. The highest BCUT2D eigenvalue weighted by Crippen LogP contribution is 2.23. The smallest absolute Gasteiger partial charge is 0.275 e. The summed E-state index contributed by atoms with van der Waals surface area (Å²) in [5.41, 5.74) is 3.58. The second-order valence-electron chi connectivity index (χ2n) is 7.41. The van der Waals surface area contributed by atoms with Crippen LogP contribution in [0.5, 0.6) is 5.75 Å². The molecule has 0 bridgehead atoms. The van der Waals surface area contributed by atoms with Crippen LogP contribution in [0.3, 0.4) is 0 Å². The molecule has 1 aromatic carbocycles. The minimum absolute atomic E-state index is 0.0232. The van der Waals surface area contributed by atoms with Crippen molar-refractivity contribution in [2.24, 2.45) is 0 Å². The number of hydrogen-bond acceptors (Lipinski definition) is 3. The van der Waals surface area contributed by atoms with E-state index in [1.807, 2.05) is 13.1 Å². The van der Waals surface area contributed by atoms with E-state index in [0.29, 0.717) is 32.3 Å². The maximum Gasteiger partial charge on any atom is 0.275 e. The summed E-state index contributed by atoms with van der Waals surface area (Å²) in [4.78, 5) is 24.5. The van der Waals surface area contributed by atoms with Crippen LogP contribution < -0.4 is 20.3 Å². The van der Waals surface area contributed by atoms with Gasteiger partial charge in [0.15, 0.2) is 13.1 Å². The fourth-order valence-electron chi connectivity index (χ4n) is 2.81. The summed E-state index contributed by atoms with van der Waals surface area (Å²) in [6, 6.07) is 4.56. The Labute approximate surface area is 156 Å². The molecule has 3 N–H and O–H groups in total. The van der Waals surface area contributed by atoms with Crippen LogP contribution in [-0.2, 0) is 9.59 Å². The maximum absolute atomic E-state index is 11.9. The van der Waals surface area contributed by atoms with Crippen LogP contribution in [-0.4, -0.2) is 51.1 Å². The molecule has 0 saturated heterocycles. The van der Waals surface area contributed by atoms with E-state index < -0.39 is 0 Å². The molecule has 6 heteroatoms. The highest BCUT2D eigenvalue weighted by atomic mass is 16.5. The predicted molar refractivity (Wildman–Crippen MR) is 102 cm³/mol. The Balaban J connectivity index is 1.58. The zero-order valence-electron chi connectivity index (χ0n) is 16.4. The van der Waals surface area contributed by atoms with E-state index in [1.54, 1.807) is 0 Å². The second-order valence-corrected chi connectivity index (χ2v) is 7.41. The zero-order chi connectivity index (χ0) is 19.1. The van der Waals surface area contributed by atoms with E-state index in [1.165, 1.54) is 11.1 Å². The van der Waals surface area contributed by atoms with Gasteiger partial charge in [0.1, 0.15) is 5.75 Å². The molecule has 1 aliphatic carbocycles. The summed E-state index contributed by atoms with van der Waals surface area (Å²) in [5.74, 6) is 0.902. The minimum Gasteiger partial charge on any atom is -0.493 e. The SMILES string of the molecule is Cc1cc(C)c(C)c(OCCCNC(=O)C[NH+](C)CC(=O)NC2CC2)c1. The number of benzene rings is 1. The molecule has 1 aliphatic rings. The number of nitrogens with one attached hydrogen (secondary N) is 3. The average molecular weight is 362 g/mol. The van der Waals surface area contributed by atoms with Crippen LogP contribution in [0.1, 0.15) is 36.0 Å². The summed E-state index contributed by atoms with van der Waals surface area (Å²) in [7, 11) is 1.86. The first-order valence-corrected chi connectivity index (χ1v) is 9.43. The number of carbonyl (C=O) groups excluding carboxylic acids is 2. The van der Waals surface area contributed by atoms with Crippen LogP contribution >= 0.6 is 0 Å². The molecule has 26 heavy (non-hydrogen) atoms. The molecule has 6 nitrogen and oxygen atoms in total. The van der Waals surface area contributed by atoms with Crippen molar-refractivity contribution in [2.45, 2.75) is 46.1 Å². The van der Waals surface area contributed by atoms with Gasteiger partial charge in [0.05, 0.1) is 13.7 Å². The number of hydrogen-bond donors (Lipinski definition) is 3. The van der Waals surface area contributed by atoms with Crippen molar-refractivity contribution in [3.8, 4) is 5.75 Å². The second kappa shape index (κ2) is 9.57. The lowest BCUT2D eigenvalue weighted by Crippen LogP contribution is -3.11. The Morgan fingerprint density at radius 1 is 1.15 bits per heavy atom. The topological polar surface area (TPSA) is 71.9 Å². The van der Waals surface area contributed by atoms with Gasteiger partial charge < -0.3 is 20.3 Å². The summed E-state index contributed by atoms with van der Waals surface area (Å²) in [6.45, 7) is 7.97. The highest BCUT2D eigenvalue weighted by Gasteiger charge is 2.24. The van der Waals surface area contributed by atoms with Crippen LogP contribution in [0.25, 0.3) is 0 Å². The quantitative estimate of drug-likeness (QED) is 0.524. The largest absolute Gasteiger partial charge is 0.493 e. The number of ether oxygens (including phenoxy) is 1. The molecular formula is C20H32N3O3+. The van der Waals surface area contributed by atoms with Crippen molar-refractivity contribution >= 4 is 11.8 Å². The zero-order valence-corrected chi connectivity index (χ0v) is 16.4. The van der Waals surface area contributed by atoms with Crippen LogP contribution in [0.15, 0.2) is 12.1 Å². The monoisotopic (exact) mass is 362 g/mol. The molecule has 0 aromatic heterocycles. The number of aryl methyl sites for hydroxylation is 2. The van der Waals surface area contributed by atoms with Gasteiger partial charge in [-0.25, -0.2) is 0 Å². The summed E-state index contributed by atoms with van der Waals surface area (Å²) in [6.07, 6.45) is 2.91. The fraction of sp³-hybridized carbons (Fsp3) is 0.600. The Morgan fingerprint density at radius 2 is 1.85 bits per heavy atom. The third-order valence-electron chi connectivity index (χ3n) is 4.53. The first-order chi connectivity index (χ1) is 12.3. The fourth-order valence-corrected chi connectivity index (χ4v) is 2.81. The molecule has 0 aliphatic heterocycles. The highest BCUT2D eigenvalue weighted by molar-refractivity contribution is 5.79.